The molecule has 3 rings (SSSR count). The minimum Gasteiger partial charge on any atom is -0.363 e. The molecule has 1 atom stereocenters. The predicted octanol–water partition coefficient (Wildman–Crippen LogP) is 2.53. The fourth-order valence-electron chi connectivity index (χ4n) is 3.50. The fourth-order valence-corrected chi connectivity index (χ4v) is 3.50. The topological polar surface area (TPSA) is 62.2 Å². The monoisotopic (exact) mass is 341 g/mol. The maximum absolute atomic E-state index is 11.5. The summed E-state index contributed by atoms with van der Waals surface area (Å²) in [6, 6.07) is 6.53. The second-order valence-electron chi connectivity index (χ2n) is 6.97. The second-order valence-corrected chi connectivity index (χ2v) is 6.97. The van der Waals surface area contributed by atoms with Gasteiger partial charge in [-0.1, -0.05) is 12.1 Å². The largest absolute Gasteiger partial charge is 0.363 e. The highest BCUT2D eigenvalue weighted by Crippen LogP contribution is 2.27. The zero-order valence-corrected chi connectivity index (χ0v) is 15.7. The van der Waals surface area contributed by atoms with Crippen molar-refractivity contribution in [1.29, 1.82) is 0 Å². The maximum atomic E-state index is 11.5. The summed E-state index contributed by atoms with van der Waals surface area (Å²) in [6.45, 7) is 4.99. The van der Waals surface area contributed by atoms with Gasteiger partial charge in [0.1, 0.15) is 5.82 Å². The highest BCUT2D eigenvalue weighted by atomic mass is 16.1. The van der Waals surface area contributed by atoms with Crippen molar-refractivity contribution in [2.75, 3.05) is 24.3 Å². The first kappa shape index (κ1) is 17.5. The lowest BCUT2D eigenvalue weighted by Gasteiger charge is -2.21. The van der Waals surface area contributed by atoms with Crippen LogP contribution in [-0.2, 0) is 24.8 Å². The molecule has 2 heterocycles. The molecule has 6 nitrogen and oxygen atoms in total. The molecule has 1 amide bonds. The molecule has 0 saturated heterocycles. The van der Waals surface area contributed by atoms with E-state index in [0.717, 1.165) is 30.2 Å². The second kappa shape index (κ2) is 6.88. The summed E-state index contributed by atoms with van der Waals surface area (Å²) >= 11 is 0. The van der Waals surface area contributed by atoms with E-state index < -0.39 is 0 Å². The van der Waals surface area contributed by atoms with Gasteiger partial charge in [-0.2, -0.15) is 5.10 Å². The number of nitrogens with zero attached hydrogens (tertiary/aromatic N) is 3. The molecule has 1 unspecified atom stereocenters. The van der Waals surface area contributed by atoms with Gasteiger partial charge in [-0.3, -0.25) is 9.48 Å². The average molecular weight is 341 g/mol. The van der Waals surface area contributed by atoms with Gasteiger partial charge >= 0.3 is 0 Å². The minimum atomic E-state index is 0.106. The maximum Gasteiger partial charge on any atom is 0.224 e. The van der Waals surface area contributed by atoms with Crippen LogP contribution in [0.2, 0.25) is 0 Å². The Labute approximate surface area is 149 Å². The molecular weight excluding hydrogens is 314 g/mol. The van der Waals surface area contributed by atoms with Crippen LogP contribution >= 0.6 is 0 Å². The Morgan fingerprint density at radius 2 is 2.12 bits per heavy atom. The number of fused-ring (bicyclic) bond motifs is 1. The molecule has 2 aromatic rings. The third-order valence-corrected chi connectivity index (χ3v) is 4.85. The Bertz CT molecular complexity index is 793. The van der Waals surface area contributed by atoms with Gasteiger partial charge in [0.25, 0.3) is 0 Å². The highest BCUT2D eigenvalue weighted by molar-refractivity contribution is 5.93. The van der Waals surface area contributed by atoms with E-state index in [0.29, 0.717) is 6.42 Å². The fraction of sp³-hybridized carbons (Fsp3) is 0.474. The first-order valence-corrected chi connectivity index (χ1v) is 8.72. The lowest BCUT2D eigenvalue weighted by Crippen LogP contribution is -2.22. The standard InChI is InChI=1S/C19H27N5O/c1-12(14-6-8-17-15(10-14)7-9-18(25)21-17)20-11-16-13(2)22-24(5)19(16)23(3)4/h6,8,10,12,20H,7,9,11H2,1-5H3,(H,21,25). The summed E-state index contributed by atoms with van der Waals surface area (Å²) in [5, 5.41) is 11.1. The molecule has 0 bridgehead atoms. The van der Waals surface area contributed by atoms with Crippen molar-refractivity contribution in [3.63, 3.8) is 0 Å². The zero-order chi connectivity index (χ0) is 18.1. The quantitative estimate of drug-likeness (QED) is 0.877. The van der Waals surface area contributed by atoms with Crippen LogP contribution in [0.5, 0.6) is 0 Å². The summed E-state index contributed by atoms with van der Waals surface area (Å²) < 4.78 is 1.93. The van der Waals surface area contributed by atoms with Crippen LogP contribution in [0.25, 0.3) is 0 Å². The van der Waals surface area contributed by atoms with Crippen molar-refractivity contribution in [2.24, 2.45) is 7.05 Å². The van der Waals surface area contributed by atoms with Crippen LogP contribution < -0.4 is 15.5 Å². The molecular formula is C19H27N5O. The molecule has 25 heavy (non-hydrogen) atoms. The highest BCUT2D eigenvalue weighted by Gasteiger charge is 2.18. The molecule has 1 aromatic carbocycles. The van der Waals surface area contributed by atoms with E-state index in [2.05, 4.69) is 46.6 Å². The van der Waals surface area contributed by atoms with Crippen molar-refractivity contribution < 1.29 is 4.79 Å². The SMILES string of the molecule is Cc1nn(C)c(N(C)C)c1CNC(C)c1ccc2c(c1)CCC(=O)N2. The normalized spacial score (nSPS) is 14.8. The number of aromatic nitrogens is 2. The lowest BCUT2D eigenvalue weighted by atomic mass is 9.97. The Morgan fingerprint density at radius 3 is 2.84 bits per heavy atom. The molecule has 0 fully saturated rings. The number of amides is 1. The zero-order valence-electron chi connectivity index (χ0n) is 15.7. The smallest absolute Gasteiger partial charge is 0.224 e. The molecule has 0 saturated carbocycles. The summed E-state index contributed by atoms with van der Waals surface area (Å²) in [5.41, 5.74) is 5.69. The molecule has 0 radical (unpaired) electrons. The summed E-state index contributed by atoms with van der Waals surface area (Å²) in [7, 11) is 6.06. The van der Waals surface area contributed by atoms with E-state index in [9.17, 15) is 4.79 Å². The van der Waals surface area contributed by atoms with Crippen molar-refractivity contribution >= 4 is 17.4 Å². The lowest BCUT2D eigenvalue weighted by molar-refractivity contribution is -0.116. The first-order valence-electron chi connectivity index (χ1n) is 8.72. The summed E-state index contributed by atoms with van der Waals surface area (Å²) in [5.74, 6) is 1.24. The molecule has 1 aliphatic heterocycles. The Kier molecular flexibility index (Phi) is 4.81. The van der Waals surface area contributed by atoms with Crippen molar-refractivity contribution in [1.82, 2.24) is 15.1 Å². The van der Waals surface area contributed by atoms with Gasteiger partial charge < -0.3 is 15.5 Å². The van der Waals surface area contributed by atoms with Gasteiger partial charge in [0.2, 0.25) is 5.91 Å². The molecule has 1 aliphatic rings. The van der Waals surface area contributed by atoms with E-state index in [1.165, 1.54) is 16.7 Å². The predicted molar refractivity (Wildman–Crippen MR) is 101 cm³/mol. The number of nitrogens with one attached hydrogen (secondary N) is 2. The average Bonchev–Trinajstić information content (AvgIpc) is 2.85. The Hall–Kier alpha value is -2.34. The van der Waals surface area contributed by atoms with Crippen molar-refractivity contribution in [3.05, 3.63) is 40.6 Å². The third-order valence-electron chi connectivity index (χ3n) is 4.85. The van der Waals surface area contributed by atoms with E-state index in [-0.39, 0.29) is 11.9 Å². The van der Waals surface area contributed by atoms with Gasteiger partial charge in [0.15, 0.2) is 0 Å². The Morgan fingerprint density at radius 1 is 1.36 bits per heavy atom. The van der Waals surface area contributed by atoms with Crippen LogP contribution in [0.15, 0.2) is 18.2 Å². The Balaban J connectivity index is 1.74. The molecule has 1 aromatic heterocycles. The number of hydrogen-bond donors (Lipinski definition) is 2. The van der Waals surface area contributed by atoms with E-state index >= 15 is 0 Å². The van der Waals surface area contributed by atoms with Gasteiger partial charge in [-0.15, -0.1) is 0 Å². The molecule has 0 aliphatic carbocycles. The number of anilines is 2. The number of hydrogen-bond acceptors (Lipinski definition) is 4. The first-order chi connectivity index (χ1) is 11.9. The third kappa shape index (κ3) is 3.54. The molecule has 6 heteroatoms. The number of rotatable bonds is 5. The van der Waals surface area contributed by atoms with Crippen molar-refractivity contribution in [2.45, 2.75) is 39.3 Å². The van der Waals surface area contributed by atoms with Crippen LogP contribution in [0, 0.1) is 6.92 Å². The van der Waals surface area contributed by atoms with Gasteiger partial charge in [0.05, 0.1) is 5.69 Å². The van der Waals surface area contributed by atoms with Crippen LogP contribution in [0.3, 0.4) is 0 Å². The van der Waals surface area contributed by atoms with Crippen LogP contribution in [0.1, 0.15) is 41.8 Å². The molecule has 134 valence electrons. The number of carbonyl (C=O) groups is 1. The molecule has 0 spiro atoms. The van der Waals surface area contributed by atoms with Crippen molar-refractivity contribution in [3.8, 4) is 0 Å². The van der Waals surface area contributed by atoms with Gasteiger partial charge in [0, 0.05) is 51.4 Å². The van der Waals surface area contributed by atoms with Crippen LogP contribution in [0.4, 0.5) is 11.5 Å². The molecule has 2 N–H and O–H groups in total. The summed E-state index contributed by atoms with van der Waals surface area (Å²) in [4.78, 5) is 13.6. The van der Waals surface area contributed by atoms with Gasteiger partial charge in [-0.25, -0.2) is 0 Å². The summed E-state index contributed by atoms with van der Waals surface area (Å²) in [6.07, 6.45) is 1.38. The van der Waals surface area contributed by atoms with E-state index in [1.54, 1.807) is 0 Å². The number of aryl methyl sites for hydroxylation is 3. The van der Waals surface area contributed by atoms with E-state index in [4.69, 9.17) is 0 Å². The number of carbonyl (C=O) groups excluding carboxylic acids is 1. The van der Waals surface area contributed by atoms with Gasteiger partial charge in [-0.05, 0) is 37.5 Å². The van der Waals surface area contributed by atoms with E-state index in [1.807, 2.05) is 31.9 Å². The number of benzene rings is 1. The van der Waals surface area contributed by atoms with Crippen LogP contribution in [-0.4, -0.2) is 29.8 Å². The minimum absolute atomic E-state index is 0.106.